The fourth-order valence-electron chi connectivity index (χ4n) is 4.93. The van der Waals surface area contributed by atoms with Gasteiger partial charge in [0.15, 0.2) is 11.5 Å². The summed E-state index contributed by atoms with van der Waals surface area (Å²) in [6.07, 6.45) is 5.34. The third-order valence-electron chi connectivity index (χ3n) is 7.14. The van der Waals surface area contributed by atoms with E-state index in [0.29, 0.717) is 22.8 Å². The van der Waals surface area contributed by atoms with Crippen LogP contribution in [0.4, 0.5) is 0 Å². The van der Waals surface area contributed by atoms with Crippen molar-refractivity contribution in [2.24, 2.45) is 5.92 Å². The van der Waals surface area contributed by atoms with Crippen LogP contribution in [-0.2, 0) is 26.6 Å². The first-order valence-electron chi connectivity index (χ1n) is 12.5. The van der Waals surface area contributed by atoms with Crippen LogP contribution in [0.1, 0.15) is 51.0 Å². The number of sulfonamides is 2. The van der Waals surface area contributed by atoms with Crippen LogP contribution < -0.4 is 18.9 Å². The van der Waals surface area contributed by atoms with Gasteiger partial charge in [0.2, 0.25) is 25.8 Å². The van der Waals surface area contributed by atoms with Crippen LogP contribution in [0.15, 0.2) is 46.2 Å². The van der Waals surface area contributed by atoms with Crippen molar-refractivity contribution in [1.29, 1.82) is 0 Å². The molecule has 2 aromatic rings. The van der Waals surface area contributed by atoms with E-state index in [4.69, 9.17) is 14.2 Å². The highest BCUT2D eigenvalue weighted by molar-refractivity contribution is 7.89. The van der Waals surface area contributed by atoms with Gasteiger partial charge in [-0.25, -0.2) is 21.6 Å². The summed E-state index contributed by atoms with van der Waals surface area (Å²) in [6, 6.07) is 8.78. The van der Waals surface area contributed by atoms with Gasteiger partial charge >= 0.3 is 0 Å². The molecule has 4 rings (SSSR count). The molecule has 2 atom stereocenters. The molecule has 0 amide bonds. The van der Waals surface area contributed by atoms with E-state index in [2.05, 4.69) is 11.6 Å². The molecule has 0 spiro atoms. The van der Waals surface area contributed by atoms with E-state index in [1.165, 1.54) is 45.6 Å². The van der Waals surface area contributed by atoms with Crippen molar-refractivity contribution in [3.05, 3.63) is 42.0 Å². The first-order valence-corrected chi connectivity index (χ1v) is 15.5. The van der Waals surface area contributed by atoms with Crippen molar-refractivity contribution in [2.45, 2.75) is 73.9 Å². The average Bonchev–Trinajstić information content (AvgIpc) is 3.70. The van der Waals surface area contributed by atoms with Crippen LogP contribution in [0.3, 0.4) is 0 Å². The lowest BCUT2D eigenvalue weighted by Gasteiger charge is -2.38. The van der Waals surface area contributed by atoms with Gasteiger partial charge in [-0.05, 0) is 73.6 Å². The molecule has 0 radical (unpaired) electrons. The third kappa shape index (κ3) is 6.05. The molecule has 11 heteroatoms. The van der Waals surface area contributed by atoms with Crippen molar-refractivity contribution >= 4 is 20.0 Å². The van der Waals surface area contributed by atoms with Gasteiger partial charge in [-0.15, -0.1) is 0 Å². The lowest BCUT2D eigenvalue weighted by molar-refractivity contribution is 0.185. The number of hydrogen-bond donors (Lipinski definition) is 1. The Bertz CT molecular complexity index is 1280. The zero-order chi connectivity index (χ0) is 26.8. The number of methoxy groups -OCH3 is 3. The predicted molar refractivity (Wildman–Crippen MR) is 140 cm³/mol. The lowest BCUT2D eigenvalue weighted by atomic mass is 9.86. The molecule has 204 valence electrons. The van der Waals surface area contributed by atoms with E-state index in [-0.39, 0.29) is 34.3 Å². The van der Waals surface area contributed by atoms with Gasteiger partial charge in [-0.3, -0.25) is 0 Å². The van der Waals surface area contributed by atoms with Gasteiger partial charge in [0.1, 0.15) is 0 Å². The highest BCUT2D eigenvalue weighted by atomic mass is 32.2. The second kappa shape index (κ2) is 11.2. The van der Waals surface area contributed by atoms with Crippen molar-refractivity contribution in [1.82, 2.24) is 9.03 Å². The van der Waals surface area contributed by atoms with E-state index >= 15 is 0 Å². The van der Waals surface area contributed by atoms with E-state index in [1.54, 1.807) is 16.4 Å². The minimum atomic E-state index is -3.95. The average molecular weight is 553 g/mol. The van der Waals surface area contributed by atoms with E-state index < -0.39 is 20.0 Å². The fraction of sp³-hybridized carbons (Fsp3) is 0.538. The summed E-state index contributed by atoms with van der Waals surface area (Å²) in [7, 11) is -3.07. The van der Waals surface area contributed by atoms with Crippen LogP contribution in [0, 0.1) is 5.92 Å². The summed E-state index contributed by atoms with van der Waals surface area (Å²) >= 11 is 0. The molecular weight excluding hydrogens is 516 g/mol. The van der Waals surface area contributed by atoms with Crippen molar-refractivity contribution < 1.29 is 31.0 Å². The Morgan fingerprint density at radius 2 is 1.41 bits per heavy atom. The molecule has 0 unspecified atom stereocenters. The summed E-state index contributed by atoms with van der Waals surface area (Å²) < 4.78 is 73.8. The minimum Gasteiger partial charge on any atom is -0.493 e. The molecule has 0 bridgehead atoms. The number of nitrogens with zero attached hydrogens (tertiary/aromatic N) is 1. The summed E-state index contributed by atoms with van der Waals surface area (Å²) in [4.78, 5) is 0.114. The summed E-state index contributed by atoms with van der Waals surface area (Å²) in [5.41, 5.74) is 0.698. The topological polar surface area (TPSA) is 111 Å². The van der Waals surface area contributed by atoms with Gasteiger partial charge < -0.3 is 14.2 Å². The smallest absolute Gasteiger partial charge is 0.243 e. The fourth-order valence-corrected chi connectivity index (χ4v) is 7.97. The number of ether oxygens (including phenoxy) is 3. The molecule has 0 aliphatic heterocycles. The Morgan fingerprint density at radius 1 is 0.838 bits per heavy atom. The molecule has 2 saturated carbocycles. The summed E-state index contributed by atoms with van der Waals surface area (Å²) in [6.45, 7) is 2.19. The molecule has 0 heterocycles. The molecular formula is C26H36N2O7S2. The molecule has 9 nitrogen and oxygen atoms in total. The second-order valence-electron chi connectivity index (χ2n) is 9.78. The molecule has 2 aromatic carbocycles. The molecule has 37 heavy (non-hydrogen) atoms. The van der Waals surface area contributed by atoms with E-state index in [1.807, 2.05) is 0 Å². The minimum absolute atomic E-state index is 0.0323. The molecule has 0 saturated heterocycles. The Hall–Kier alpha value is -2.34. The van der Waals surface area contributed by atoms with Gasteiger partial charge in [-0.2, -0.15) is 4.31 Å². The van der Waals surface area contributed by atoms with Crippen molar-refractivity contribution in [3.63, 3.8) is 0 Å². The maximum absolute atomic E-state index is 14.0. The van der Waals surface area contributed by atoms with Crippen LogP contribution in [0.2, 0.25) is 0 Å². The number of nitrogens with one attached hydrogen (secondary N) is 1. The van der Waals surface area contributed by atoms with Crippen molar-refractivity contribution in [2.75, 3.05) is 21.3 Å². The number of rotatable bonds is 11. The van der Waals surface area contributed by atoms with Crippen LogP contribution >= 0.6 is 0 Å². The van der Waals surface area contributed by atoms with Gasteiger partial charge in [0.05, 0.1) is 31.1 Å². The van der Waals surface area contributed by atoms with E-state index in [9.17, 15) is 16.8 Å². The normalized spacial score (nSPS) is 20.6. The molecule has 2 fully saturated rings. The first-order chi connectivity index (χ1) is 17.6. The summed E-state index contributed by atoms with van der Waals surface area (Å²) in [5.74, 6) is 1.51. The number of hydrogen-bond acceptors (Lipinski definition) is 7. The largest absolute Gasteiger partial charge is 0.493 e. The highest BCUT2D eigenvalue weighted by Crippen LogP contribution is 2.40. The number of benzene rings is 2. The molecule has 2 aliphatic carbocycles. The van der Waals surface area contributed by atoms with Crippen LogP contribution in [0.5, 0.6) is 17.2 Å². The van der Waals surface area contributed by atoms with Crippen molar-refractivity contribution in [3.8, 4) is 17.2 Å². The van der Waals surface area contributed by atoms with Gasteiger partial charge in [-0.1, -0.05) is 19.8 Å². The summed E-state index contributed by atoms with van der Waals surface area (Å²) in [5, 5.41) is 0. The van der Waals surface area contributed by atoms with E-state index in [0.717, 1.165) is 38.5 Å². The SMILES string of the molecule is COc1cc(CN([C@H]2CCCC[C@@H]2C)S(=O)(=O)c2ccc(S(=O)(=O)NC3CC3)cc2)cc(OC)c1OC. The highest BCUT2D eigenvalue weighted by Gasteiger charge is 2.37. The Morgan fingerprint density at radius 3 is 1.92 bits per heavy atom. The quantitative estimate of drug-likeness (QED) is 0.450. The molecule has 0 aromatic heterocycles. The Labute approximate surface area is 220 Å². The third-order valence-corrected chi connectivity index (χ3v) is 10.6. The standard InChI is InChI=1S/C26H36N2O7S2/c1-18-7-5-6-8-23(18)28(17-19-15-24(33-2)26(35-4)25(16-19)34-3)37(31,32)22-13-11-21(12-14-22)36(29,30)27-20-9-10-20/h11-16,18,20,23,27H,5-10,17H2,1-4H3/t18-,23-/m0/s1. The lowest BCUT2D eigenvalue weighted by Crippen LogP contribution is -2.44. The van der Waals surface area contributed by atoms with Crippen LogP contribution in [-0.4, -0.2) is 54.6 Å². The predicted octanol–water partition coefficient (Wildman–Crippen LogP) is 3.92. The monoisotopic (exact) mass is 552 g/mol. The zero-order valence-corrected chi connectivity index (χ0v) is 23.4. The van der Waals surface area contributed by atoms with Crippen LogP contribution in [0.25, 0.3) is 0 Å². The van der Waals surface area contributed by atoms with Gasteiger partial charge in [0.25, 0.3) is 0 Å². The maximum Gasteiger partial charge on any atom is 0.243 e. The first kappa shape index (κ1) is 27.7. The Balaban J connectivity index is 1.70. The molecule has 2 aliphatic rings. The van der Waals surface area contributed by atoms with Gasteiger partial charge in [0, 0.05) is 18.6 Å². The molecule has 1 N–H and O–H groups in total. The Kier molecular flexibility index (Phi) is 8.37. The zero-order valence-electron chi connectivity index (χ0n) is 21.8. The maximum atomic E-state index is 14.0. The second-order valence-corrected chi connectivity index (χ2v) is 13.4.